The molecule has 0 radical (unpaired) electrons. The van der Waals surface area contributed by atoms with Gasteiger partial charge in [0, 0.05) is 25.2 Å². The predicted octanol–water partition coefficient (Wildman–Crippen LogP) is 2.64. The lowest BCUT2D eigenvalue weighted by molar-refractivity contribution is -0.167. The fourth-order valence-electron chi connectivity index (χ4n) is 4.36. The fourth-order valence-corrected chi connectivity index (χ4v) is 4.36. The fraction of sp³-hybridized carbons (Fsp3) is 1.00. The lowest BCUT2D eigenvalue weighted by Gasteiger charge is -2.56. The van der Waals surface area contributed by atoms with E-state index < -0.39 is 0 Å². The van der Waals surface area contributed by atoms with Crippen molar-refractivity contribution in [3.63, 3.8) is 0 Å². The van der Waals surface area contributed by atoms with Crippen LogP contribution in [0.5, 0.6) is 0 Å². The molecule has 0 aromatic rings. The molecule has 1 saturated carbocycles. The first kappa shape index (κ1) is 15.3. The summed E-state index contributed by atoms with van der Waals surface area (Å²) in [5.74, 6) is 1.48. The van der Waals surface area contributed by atoms with Crippen LogP contribution in [0.15, 0.2) is 0 Å². The van der Waals surface area contributed by atoms with Crippen molar-refractivity contribution >= 4 is 0 Å². The Kier molecular flexibility index (Phi) is 4.29. The maximum absolute atomic E-state index is 6.27. The largest absolute Gasteiger partial charge is 0.370 e. The van der Waals surface area contributed by atoms with Gasteiger partial charge in [-0.1, -0.05) is 20.3 Å². The molecule has 1 heterocycles. The summed E-state index contributed by atoms with van der Waals surface area (Å²) in [5, 5.41) is 0. The minimum atomic E-state index is -0.0553. The predicted molar refractivity (Wildman–Crippen MR) is 80.2 cm³/mol. The van der Waals surface area contributed by atoms with Gasteiger partial charge in [0.2, 0.25) is 0 Å². The van der Waals surface area contributed by atoms with Crippen LogP contribution in [0.25, 0.3) is 0 Å². The molecule has 0 spiro atoms. The highest BCUT2D eigenvalue weighted by atomic mass is 16.5. The second-order valence-electron chi connectivity index (χ2n) is 7.66. The van der Waals surface area contributed by atoms with Crippen LogP contribution in [0, 0.1) is 11.8 Å². The van der Waals surface area contributed by atoms with E-state index >= 15 is 0 Å². The Morgan fingerprint density at radius 1 is 1.21 bits per heavy atom. The van der Waals surface area contributed by atoms with E-state index in [1.807, 2.05) is 0 Å². The van der Waals surface area contributed by atoms with Crippen molar-refractivity contribution in [3.8, 4) is 0 Å². The maximum atomic E-state index is 6.27. The number of nitrogens with two attached hydrogens (primary N) is 1. The summed E-state index contributed by atoms with van der Waals surface area (Å²) in [6.07, 6.45) is 4.21. The van der Waals surface area contributed by atoms with Gasteiger partial charge in [-0.25, -0.2) is 0 Å². The van der Waals surface area contributed by atoms with Gasteiger partial charge in [0.15, 0.2) is 0 Å². The van der Waals surface area contributed by atoms with Crippen molar-refractivity contribution in [2.45, 2.75) is 71.1 Å². The molecule has 19 heavy (non-hydrogen) atoms. The molecular weight excluding hydrogens is 236 g/mol. The SMILES string of the molecule is CC1CCC(C)C(CN)(N2CC(C)OC(C)(C)C2)C1. The zero-order chi connectivity index (χ0) is 14.3. The van der Waals surface area contributed by atoms with Crippen LogP contribution in [0.1, 0.15) is 53.9 Å². The van der Waals surface area contributed by atoms with Gasteiger partial charge in [0.05, 0.1) is 11.7 Å². The molecule has 1 aliphatic heterocycles. The molecule has 1 saturated heterocycles. The van der Waals surface area contributed by atoms with Crippen molar-refractivity contribution in [1.29, 1.82) is 0 Å². The molecule has 0 aromatic heterocycles. The smallest absolute Gasteiger partial charge is 0.0757 e. The Labute approximate surface area is 118 Å². The number of rotatable bonds is 2. The van der Waals surface area contributed by atoms with Crippen molar-refractivity contribution < 1.29 is 4.74 Å². The normalized spacial score (nSPS) is 44.2. The average Bonchev–Trinajstić information content (AvgIpc) is 2.29. The maximum Gasteiger partial charge on any atom is 0.0757 e. The van der Waals surface area contributed by atoms with Crippen LogP contribution in [0.2, 0.25) is 0 Å². The van der Waals surface area contributed by atoms with Gasteiger partial charge >= 0.3 is 0 Å². The molecule has 2 rings (SSSR count). The molecule has 1 aliphatic carbocycles. The number of ether oxygens (including phenoxy) is 1. The second-order valence-corrected chi connectivity index (χ2v) is 7.66. The Morgan fingerprint density at radius 2 is 1.89 bits per heavy atom. The molecule has 0 aromatic carbocycles. The summed E-state index contributed by atoms with van der Waals surface area (Å²) in [6.45, 7) is 14.2. The first-order chi connectivity index (χ1) is 8.79. The summed E-state index contributed by atoms with van der Waals surface area (Å²) < 4.78 is 6.06. The Balaban J connectivity index is 2.24. The third-order valence-corrected chi connectivity index (χ3v) is 5.26. The minimum Gasteiger partial charge on any atom is -0.370 e. The monoisotopic (exact) mass is 268 g/mol. The Morgan fingerprint density at radius 3 is 2.47 bits per heavy atom. The van der Waals surface area contributed by atoms with E-state index in [2.05, 4.69) is 39.5 Å². The van der Waals surface area contributed by atoms with Crippen LogP contribution >= 0.6 is 0 Å². The van der Waals surface area contributed by atoms with Crippen LogP contribution < -0.4 is 5.73 Å². The zero-order valence-electron chi connectivity index (χ0n) is 13.4. The number of nitrogens with zero attached hydrogens (tertiary/aromatic N) is 1. The zero-order valence-corrected chi connectivity index (χ0v) is 13.4. The van der Waals surface area contributed by atoms with E-state index in [9.17, 15) is 0 Å². The van der Waals surface area contributed by atoms with E-state index in [0.29, 0.717) is 12.0 Å². The topological polar surface area (TPSA) is 38.5 Å². The van der Waals surface area contributed by atoms with E-state index in [-0.39, 0.29) is 11.1 Å². The third-order valence-electron chi connectivity index (χ3n) is 5.26. The van der Waals surface area contributed by atoms with E-state index in [0.717, 1.165) is 25.6 Å². The minimum absolute atomic E-state index is 0.0553. The van der Waals surface area contributed by atoms with Gasteiger partial charge in [-0.05, 0) is 45.4 Å². The number of hydrogen-bond donors (Lipinski definition) is 1. The van der Waals surface area contributed by atoms with Gasteiger partial charge in [0.1, 0.15) is 0 Å². The number of hydrogen-bond acceptors (Lipinski definition) is 3. The first-order valence-electron chi connectivity index (χ1n) is 7.92. The summed E-state index contributed by atoms with van der Waals surface area (Å²) in [5.41, 5.74) is 6.41. The van der Waals surface area contributed by atoms with E-state index in [1.165, 1.54) is 19.3 Å². The molecule has 2 fully saturated rings. The summed E-state index contributed by atoms with van der Waals surface area (Å²) >= 11 is 0. The average molecular weight is 268 g/mol. The van der Waals surface area contributed by atoms with Crippen LogP contribution in [0.4, 0.5) is 0 Å². The molecule has 4 unspecified atom stereocenters. The van der Waals surface area contributed by atoms with Crippen LogP contribution in [-0.4, -0.2) is 41.8 Å². The van der Waals surface area contributed by atoms with Gasteiger partial charge in [-0.15, -0.1) is 0 Å². The highest BCUT2D eigenvalue weighted by molar-refractivity contribution is 5.03. The molecular formula is C16H32N2O. The standard InChI is InChI=1S/C16H32N2O/c1-12-6-7-13(2)16(8-12,10-17)18-9-14(3)19-15(4,5)11-18/h12-14H,6-11,17H2,1-5H3. The van der Waals surface area contributed by atoms with Gasteiger partial charge in [-0.3, -0.25) is 4.90 Å². The molecule has 2 aliphatic rings. The molecule has 2 N–H and O–H groups in total. The molecule has 3 nitrogen and oxygen atoms in total. The summed E-state index contributed by atoms with van der Waals surface area (Å²) in [6, 6.07) is 0. The molecule has 3 heteroatoms. The van der Waals surface area contributed by atoms with Gasteiger partial charge in [0.25, 0.3) is 0 Å². The highest BCUT2D eigenvalue weighted by Gasteiger charge is 2.47. The van der Waals surface area contributed by atoms with Crippen LogP contribution in [0.3, 0.4) is 0 Å². The second kappa shape index (κ2) is 5.34. The lowest BCUT2D eigenvalue weighted by atomic mass is 9.68. The van der Waals surface area contributed by atoms with Crippen molar-refractivity contribution in [2.75, 3.05) is 19.6 Å². The quantitative estimate of drug-likeness (QED) is 0.837. The Hall–Kier alpha value is -0.120. The molecule has 4 atom stereocenters. The lowest BCUT2D eigenvalue weighted by Crippen LogP contribution is -2.67. The van der Waals surface area contributed by atoms with Crippen LogP contribution in [-0.2, 0) is 4.74 Å². The van der Waals surface area contributed by atoms with Crippen molar-refractivity contribution in [1.82, 2.24) is 4.90 Å². The summed E-state index contributed by atoms with van der Waals surface area (Å²) in [4.78, 5) is 2.65. The van der Waals surface area contributed by atoms with E-state index in [4.69, 9.17) is 10.5 Å². The Bertz CT molecular complexity index is 318. The highest BCUT2D eigenvalue weighted by Crippen LogP contribution is 2.42. The summed E-state index contributed by atoms with van der Waals surface area (Å²) in [7, 11) is 0. The molecule has 0 amide bonds. The number of morpholine rings is 1. The molecule has 112 valence electrons. The van der Waals surface area contributed by atoms with Gasteiger partial charge < -0.3 is 10.5 Å². The first-order valence-corrected chi connectivity index (χ1v) is 7.92. The third kappa shape index (κ3) is 2.98. The van der Waals surface area contributed by atoms with E-state index in [1.54, 1.807) is 0 Å². The molecule has 0 bridgehead atoms. The van der Waals surface area contributed by atoms with Crippen molar-refractivity contribution in [3.05, 3.63) is 0 Å². The van der Waals surface area contributed by atoms with Gasteiger partial charge in [-0.2, -0.15) is 0 Å². The van der Waals surface area contributed by atoms with Crippen molar-refractivity contribution in [2.24, 2.45) is 17.6 Å².